The first-order valence-electron chi connectivity index (χ1n) is 7.29. The zero-order chi connectivity index (χ0) is 14.8. The second-order valence-corrected chi connectivity index (χ2v) is 6.53. The molecule has 4 nitrogen and oxygen atoms in total. The molecule has 0 saturated carbocycles. The molecule has 2 aromatic heterocycles. The summed E-state index contributed by atoms with van der Waals surface area (Å²) in [5.74, 6) is 1.48. The fraction of sp³-hybridized carbons (Fsp3) is 0.438. The van der Waals surface area contributed by atoms with E-state index in [-0.39, 0.29) is 0 Å². The monoisotopic (exact) mass is 346 g/mol. The SMILES string of the molecule is CNCC1CCc2nc(-c3cncc(Br)c3)nc(C)c2C1. The van der Waals surface area contributed by atoms with Gasteiger partial charge < -0.3 is 5.32 Å². The Morgan fingerprint density at radius 3 is 2.95 bits per heavy atom. The molecule has 1 aliphatic rings. The molecule has 0 aliphatic heterocycles. The van der Waals surface area contributed by atoms with Gasteiger partial charge in [-0.15, -0.1) is 0 Å². The lowest BCUT2D eigenvalue weighted by Crippen LogP contribution is -2.26. The predicted octanol–water partition coefficient (Wildman–Crippen LogP) is 2.93. The minimum Gasteiger partial charge on any atom is -0.319 e. The Morgan fingerprint density at radius 1 is 1.33 bits per heavy atom. The molecule has 2 aromatic rings. The third-order valence-electron chi connectivity index (χ3n) is 4.04. The number of pyridine rings is 1. The van der Waals surface area contributed by atoms with Gasteiger partial charge in [0.1, 0.15) is 0 Å². The Labute approximate surface area is 133 Å². The Hall–Kier alpha value is -1.33. The molecule has 0 saturated heterocycles. The van der Waals surface area contributed by atoms with E-state index in [0.29, 0.717) is 5.92 Å². The van der Waals surface area contributed by atoms with Crippen LogP contribution in [-0.4, -0.2) is 28.5 Å². The summed E-state index contributed by atoms with van der Waals surface area (Å²) < 4.78 is 0.952. The molecule has 1 atom stereocenters. The Balaban J connectivity index is 1.96. The highest BCUT2D eigenvalue weighted by molar-refractivity contribution is 9.10. The Kier molecular flexibility index (Phi) is 4.31. The minimum absolute atomic E-state index is 0.697. The van der Waals surface area contributed by atoms with Crippen LogP contribution in [0.25, 0.3) is 11.4 Å². The van der Waals surface area contributed by atoms with Gasteiger partial charge in [0.05, 0.1) is 0 Å². The smallest absolute Gasteiger partial charge is 0.161 e. The summed E-state index contributed by atoms with van der Waals surface area (Å²) in [4.78, 5) is 13.7. The molecule has 110 valence electrons. The van der Waals surface area contributed by atoms with Gasteiger partial charge in [-0.25, -0.2) is 9.97 Å². The van der Waals surface area contributed by atoms with Crippen LogP contribution in [-0.2, 0) is 12.8 Å². The Bertz CT molecular complexity index is 657. The summed E-state index contributed by atoms with van der Waals surface area (Å²) in [5, 5.41) is 3.28. The van der Waals surface area contributed by atoms with Crippen molar-refractivity contribution >= 4 is 15.9 Å². The average molecular weight is 347 g/mol. The molecule has 1 N–H and O–H groups in total. The van der Waals surface area contributed by atoms with Gasteiger partial charge in [0, 0.05) is 33.8 Å². The lowest BCUT2D eigenvalue weighted by molar-refractivity contribution is 0.433. The maximum atomic E-state index is 4.79. The van der Waals surface area contributed by atoms with Crippen LogP contribution in [0.5, 0.6) is 0 Å². The molecule has 0 bridgehead atoms. The van der Waals surface area contributed by atoms with Crippen molar-refractivity contribution in [1.29, 1.82) is 0 Å². The largest absolute Gasteiger partial charge is 0.319 e. The third kappa shape index (κ3) is 3.14. The molecule has 0 amide bonds. The summed E-state index contributed by atoms with van der Waals surface area (Å²) >= 11 is 3.45. The van der Waals surface area contributed by atoms with E-state index < -0.39 is 0 Å². The number of fused-ring (bicyclic) bond motifs is 1. The molecular formula is C16H19BrN4. The van der Waals surface area contributed by atoms with Crippen molar-refractivity contribution in [3.63, 3.8) is 0 Å². The summed E-state index contributed by atoms with van der Waals surface area (Å²) in [6.07, 6.45) is 6.91. The second kappa shape index (κ2) is 6.20. The number of aryl methyl sites for hydroxylation is 2. The van der Waals surface area contributed by atoms with Crippen molar-refractivity contribution in [2.45, 2.75) is 26.2 Å². The van der Waals surface area contributed by atoms with E-state index in [0.717, 1.165) is 40.9 Å². The van der Waals surface area contributed by atoms with Crippen molar-refractivity contribution in [2.75, 3.05) is 13.6 Å². The van der Waals surface area contributed by atoms with Gasteiger partial charge in [0.15, 0.2) is 5.82 Å². The number of nitrogens with zero attached hydrogens (tertiary/aromatic N) is 3. The zero-order valence-electron chi connectivity index (χ0n) is 12.4. The first-order valence-corrected chi connectivity index (χ1v) is 8.08. The van der Waals surface area contributed by atoms with E-state index in [1.807, 2.05) is 19.3 Å². The van der Waals surface area contributed by atoms with Gasteiger partial charge in [-0.05, 0) is 73.3 Å². The van der Waals surface area contributed by atoms with Crippen molar-refractivity contribution in [3.05, 3.63) is 39.9 Å². The van der Waals surface area contributed by atoms with E-state index in [1.54, 1.807) is 6.20 Å². The molecule has 0 spiro atoms. The maximum Gasteiger partial charge on any atom is 0.161 e. The normalized spacial score (nSPS) is 17.6. The topological polar surface area (TPSA) is 50.7 Å². The molecule has 2 heterocycles. The molecule has 3 rings (SSSR count). The van der Waals surface area contributed by atoms with Crippen LogP contribution in [0, 0.1) is 12.8 Å². The van der Waals surface area contributed by atoms with Crippen molar-refractivity contribution in [3.8, 4) is 11.4 Å². The predicted molar refractivity (Wildman–Crippen MR) is 87.1 cm³/mol. The van der Waals surface area contributed by atoms with Crippen molar-refractivity contribution < 1.29 is 0 Å². The van der Waals surface area contributed by atoms with E-state index in [4.69, 9.17) is 9.97 Å². The van der Waals surface area contributed by atoms with Gasteiger partial charge in [0.25, 0.3) is 0 Å². The fourth-order valence-corrected chi connectivity index (χ4v) is 3.35. The van der Waals surface area contributed by atoms with E-state index >= 15 is 0 Å². The highest BCUT2D eigenvalue weighted by Crippen LogP contribution is 2.28. The highest BCUT2D eigenvalue weighted by atomic mass is 79.9. The van der Waals surface area contributed by atoms with Gasteiger partial charge in [-0.3, -0.25) is 4.98 Å². The Morgan fingerprint density at radius 2 is 2.19 bits per heavy atom. The number of aromatic nitrogens is 3. The number of rotatable bonds is 3. The van der Waals surface area contributed by atoms with E-state index in [1.165, 1.54) is 17.7 Å². The van der Waals surface area contributed by atoms with E-state index in [9.17, 15) is 0 Å². The molecule has 0 radical (unpaired) electrons. The molecule has 1 aliphatic carbocycles. The van der Waals surface area contributed by atoms with Gasteiger partial charge in [-0.1, -0.05) is 0 Å². The number of hydrogen-bond donors (Lipinski definition) is 1. The summed E-state index contributed by atoms with van der Waals surface area (Å²) in [6, 6.07) is 2.01. The number of hydrogen-bond acceptors (Lipinski definition) is 4. The number of nitrogens with one attached hydrogen (secondary N) is 1. The quantitative estimate of drug-likeness (QED) is 0.928. The molecule has 21 heavy (non-hydrogen) atoms. The van der Waals surface area contributed by atoms with Crippen LogP contribution in [0.3, 0.4) is 0 Å². The van der Waals surface area contributed by atoms with Crippen molar-refractivity contribution in [1.82, 2.24) is 20.3 Å². The van der Waals surface area contributed by atoms with Gasteiger partial charge >= 0.3 is 0 Å². The molecule has 0 fully saturated rings. The van der Waals surface area contributed by atoms with Crippen LogP contribution < -0.4 is 5.32 Å². The van der Waals surface area contributed by atoms with Crippen molar-refractivity contribution in [2.24, 2.45) is 5.92 Å². The lowest BCUT2D eigenvalue weighted by atomic mass is 9.85. The zero-order valence-corrected chi connectivity index (χ0v) is 13.9. The van der Waals surface area contributed by atoms with Crippen LogP contribution in [0.15, 0.2) is 22.9 Å². The fourth-order valence-electron chi connectivity index (χ4n) is 2.99. The first kappa shape index (κ1) is 14.6. The maximum absolute atomic E-state index is 4.79. The summed E-state index contributed by atoms with van der Waals surface area (Å²) in [6.45, 7) is 3.16. The summed E-state index contributed by atoms with van der Waals surface area (Å²) in [5.41, 5.74) is 4.63. The minimum atomic E-state index is 0.697. The first-order chi connectivity index (χ1) is 10.2. The van der Waals surface area contributed by atoms with E-state index in [2.05, 4.69) is 33.2 Å². The lowest BCUT2D eigenvalue weighted by Gasteiger charge is -2.25. The van der Waals surface area contributed by atoms with Crippen LogP contribution in [0.2, 0.25) is 0 Å². The molecule has 5 heteroatoms. The number of halogens is 1. The third-order valence-corrected chi connectivity index (χ3v) is 4.47. The highest BCUT2D eigenvalue weighted by Gasteiger charge is 2.22. The van der Waals surface area contributed by atoms with Crippen LogP contribution in [0.1, 0.15) is 23.4 Å². The average Bonchev–Trinajstić information content (AvgIpc) is 2.48. The van der Waals surface area contributed by atoms with Gasteiger partial charge in [-0.2, -0.15) is 0 Å². The summed E-state index contributed by atoms with van der Waals surface area (Å²) in [7, 11) is 2.02. The van der Waals surface area contributed by atoms with Gasteiger partial charge in [0.2, 0.25) is 0 Å². The molecular weight excluding hydrogens is 328 g/mol. The van der Waals surface area contributed by atoms with Crippen LogP contribution in [0.4, 0.5) is 0 Å². The second-order valence-electron chi connectivity index (χ2n) is 5.62. The molecule has 0 aromatic carbocycles. The molecule has 1 unspecified atom stereocenters. The standard InChI is InChI=1S/C16H19BrN4/c1-10-14-5-11(7-18-2)3-4-15(14)21-16(20-10)12-6-13(17)9-19-8-12/h6,8-9,11,18H,3-5,7H2,1-2H3. The van der Waals surface area contributed by atoms with Crippen LogP contribution >= 0.6 is 15.9 Å².